The fourth-order valence-electron chi connectivity index (χ4n) is 3.18. The summed E-state index contributed by atoms with van der Waals surface area (Å²) in [6.07, 6.45) is 1.86. The summed E-state index contributed by atoms with van der Waals surface area (Å²) in [5.74, 6) is -0.196. The molecule has 1 aliphatic heterocycles. The Morgan fingerprint density at radius 1 is 1.00 bits per heavy atom. The zero-order chi connectivity index (χ0) is 17.5. The minimum atomic E-state index is -0.196. The molecule has 1 heterocycles. The van der Waals surface area contributed by atoms with Crippen molar-refractivity contribution in [3.8, 4) is 0 Å². The van der Waals surface area contributed by atoms with E-state index in [2.05, 4.69) is 34.9 Å². The number of hydrogen-bond donors (Lipinski definition) is 2. The molecule has 5 heteroatoms. The van der Waals surface area contributed by atoms with Crippen LogP contribution in [-0.4, -0.2) is 30.8 Å². The molecule has 0 saturated carbocycles. The van der Waals surface area contributed by atoms with Gasteiger partial charge in [-0.2, -0.15) is 0 Å². The van der Waals surface area contributed by atoms with Crippen molar-refractivity contribution in [1.29, 1.82) is 0 Å². The minimum Gasteiger partial charge on any atom is -0.381 e. The lowest BCUT2D eigenvalue weighted by atomic mass is 9.74. The fourth-order valence-corrected chi connectivity index (χ4v) is 3.34. The van der Waals surface area contributed by atoms with E-state index < -0.39 is 0 Å². The van der Waals surface area contributed by atoms with Gasteiger partial charge in [0, 0.05) is 30.7 Å². The van der Waals surface area contributed by atoms with Crippen LogP contribution in [0.4, 0.5) is 0 Å². The van der Waals surface area contributed by atoms with E-state index in [-0.39, 0.29) is 11.3 Å². The molecule has 0 bridgehead atoms. The molecule has 2 aromatic rings. The van der Waals surface area contributed by atoms with Crippen molar-refractivity contribution in [3.63, 3.8) is 0 Å². The van der Waals surface area contributed by atoms with Crippen molar-refractivity contribution >= 4 is 23.2 Å². The number of amides is 1. The molecule has 1 saturated heterocycles. The zero-order valence-electron chi connectivity index (χ0n) is 14.0. The largest absolute Gasteiger partial charge is 0.381 e. The van der Waals surface area contributed by atoms with E-state index in [9.17, 15) is 4.79 Å². The first kappa shape index (κ1) is 17.6. The molecule has 0 unspecified atom stereocenters. The molecule has 2 aromatic carbocycles. The highest BCUT2D eigenvalue weighted by Crippen LogP contribution is 2.34. The normalized spacial score (nSPS) is 16.0. The second-order valence-corrected chi connectivity index (χ2v) is 6.67. The average molecular weight is 354 g/mol. The molecule has 0 radical (unpaired) electrons. The van der Waals surface area contributed by atoms with Crippen molar-refractivity contribution < 1.29 is 9.53 Å². The van der Waals surface area contributed by atoms with Crippen molar-refractivity contribution in [2.24, 2.45) is 0 Å². The number of carbonyl (C=O) groups is 1. The van der Waals surface area contributed by atoms with E-state index in [1.165, 1.54) is 5.56 Å². The highest BCUT2D eigenvalue weighted by Gasteiger charge is 2.34. The van der Waals surface area contributed by atoms with E-state index in [0.717, 1.165) is 26.1 Å². The van der Waals surface area contributed by atoms with Crippen molar-refractivity contribution in [1.82, 2.24) is 10.6 Å². The lowest BCUT2D eigenvalue weighted by molar-refractivity contribution is 0.0514. The Labute approximate surface area is 153 Å². The molecule has 1 amide bonds. The van der Waals surface area contributed by atoms with Crippen LogP contribution in [0.15, 0.2) is 60.7 Å². The van der Waals surface area contributed by atoms with Crippen LogP contribution in [0.2, 0.25) is 0 Å². The highest BCUT2D eigenvalue weighted by molar-refractivity contribution is 7.80. The van der Waals surface area contributed by atoms with Crippen LogP contribution in [0.3, 0.4) is 0 Å². The van der Waals surface area contributed by atoms with Gasteiger partial charge in [-0.25, -0.2) is 0 Å². The minimum absolute atomic E-state index is 0.0267. The molecule has 25 heavy (non-hydrogen) atoms. The van der Waals surface area contributed by atoms with E-state index in [0.29, 0.717) is 17.2 Å². The second kappa shape index (κ2) is 8.23. The van der Waals surface area contributed by atoms with E-state index >= 15 is 0 Å². The van der Waals surface area contributed by atoms with Crippen molar-refractivity contribution in [3.05, 3.63) is 71.8 Å². The number of ether oxygens (including phenoxy) is 1. The molecule has 0 spiro atoms. The van der Waals surface area contributed by atoms with Gasteiger partial charge < -0.3 is 10.1 Å². The maximum absolute atomic E-state index is 12.2. The van der Waals surface area contributed by atoms with Crippen molar-refractivity contribution in [2.45, 2.75) is 18.3 Å². The summed E-state index contributed by atoms with van der Waals surface area (Å²) in [7, 11) is 0. The Balaban J connectivity index is 1.63. The maximum atomic E-state index is 12.2. The van der Waals surface area contributed by atoms with Crippen LogP contribution in [-0.2, 0) is 10.2 Å². The summed E-state index contributed by atoms with van der Waals surface area (Å²) in [6.45, 7) is 2.15. The summed E-state index contributed by atoms with van der Waals surface area (Å²) in [6, 6.07) is 19.5. The Morgan fingerprint density at radius 3 is 2.24 bits per heavy atom. The third-order valence-electron chi connectivity index (χ3n) is 4.69. The molecule has 0 aliphatic carbocycles. The van der Waals surface area contributed by atoms with Gasteiger partial charge in [0.15, 0.2) is 5.11 Å². The number of nitrogens with one attached hydrogen (secondary N) is 2. The van der Waals surface area contributed by atoms with Gasteiger partial charge in [-0.1, -0.05) is 48.5 Å². The fraction of sp³-hybridized carbons (Fsp3) is 0.300. The summed E-state index contributed by atoms with van der Waals surface area (Å²) < 4.78 is 5.55. The predicted molar refractivity (Wildman–Crippen MR) is 103 cm³/mol. The Morgan fingerprint density at radius 2 is 1.60 bits per heavy atom. The molecule has 1 aliphatic rings. The smallest absolute Gasteiger partial charge is 0.257 e. The number of hydrogen-bond acceptors (Lipinski definition) is 3. The van der Waals surface area contributed by atoms with Gasteiger partial charge in [0.2, 0.25) is 0 Å². The Kier molecular flexibility index (Phi) is 5.79. The number of carbonyl (C=O) groups excluding carboxylic acids is 1. The van der Waals surface area contributed by atoms with Crippen LogP contribution < -0.4 is 10.6 Å². The first-order valence-electron chi connectivity index (χ1n) is 8.47. The van der Waals surface area contributed by atoms with Crippen LogP contribution >= 0.6 is 12.2 Å². The summed E-state index contributed by atoms with van der Waals surface area (Å²) in [4.78, 5) is 12.2. The zero-order valence-corrected chi connectivity index (χ0v) is 14.9. The molecule has 0 atom stereocenters. The van der Waals surface area contributed by atoms with Crippen LogP contribution in [0.5, 0.6) is 0 Å². The van der Waals surface area contributed by atoms with Gasteiger partial charge in [0.1, 0.15) is 0 Å². The molecular formula is C20H22N2O2S. The van der Waals surface area contributed by atoms with E-state index in [1.54, 1.807) is 12.1 Å². The maximum Gasteiger partial charge on any atom is 0.257 e. The summed E-state index contributed by atoms with van der Waals surface area (Å²) in [5, 5.41) is 6.35. The van der Waals surface area contributed by atoms with Gasteiger partial charge in [-0.15, -0.1) is 0 Å². The lowest BCUT2D eigenvalue weighted by Crippen LogP contribution is -2.48. The number of rotatable bonds is 4. The highest BCUT2D eigenvalue weighted by atomic mass is 32.1. The third-order valence-corrected chi connectivity index (χ3v) is 4.93. The van der Waals surface area contributed by atoms with Crippen LogP contribution in [0.25, 0.3) is 0 Å². The van der Waals surface area contributed by atoms with Crippen molar-refractivity contribution in [2.75, 3.05) is 19.8 Å². The molecule has 2 N–H and O–H groups in total. The molecule has 130 valence electrons. The summed E-state index contributed by atoms with van der Waals surface area (Å²) in [5.41, 5.74) is 1.85. The van der Waals surface area contributed by atoms with E-state index in [4.69, 9.17) is 17.0 Å². The monoisotopic (exact) mass is 354 g/mol. The molecule has 3 rings (SSSR count). The van der Waals surface area contributed by atoms with Crippen LogP contribution in [0, 0.1) is 0 Å². The Bertz CT molecular complexity index is 713. The second-order valence-electron chi connectivity index (χ2n) is 6.26. The van der Waals surface area contributed by atoms with Gasteiger partial charge in [0.05, 0.1) is 0 Å². The van der Waals surface area contributed by atoms with Gasteiger partial charge in [-0.3, -0.25) is 10.1 Å². The lowest BCUT2D eigenvalue weighted by Gasteiger charge is -2.38. The molecule has 1 fully saturated rings. The number of benzene rings is 2. The third kappa shape index (κ3) is 4.44. The quantitative estimate of drug-likeness (QED) is 0.829. The average Bonchev–Trinajstić information content (AvgIpc) is 2.68. The van der Waals surface area contributed by atoms with Gasteiger partial charge in [-0.05, 0) is 42.8 Å². The predicted octanol–water partition coefficient (Wildman–Crippen LogP) is 3.04. The van der Waals surface area contributed by atoms with E-state index in [1.807, 2.05) is 24.3 Å². The standard InChI is InChI=1S/C20H22N2O2S/c23-18(16-7-3-1-4-8-16)22-19(25)21-15-20(11-13-24-14-12-20)17-9-5-2-6-10-17/h1-10H,11-15H2,(H2,21,22,23,25). The Hall–Kier alpha value is -2.24. The molecule has 4 nitrogen and oxygen atoms in total. The molecular weight excluding hydrogens is 332 g/mol. The molecule has 0 aromatic heterocycles. The SMILES string of the molecule is O=C(NC(=S)NCC1(c2ccccc2)CCOCC1)c1ccccc1. The van der Waals surface area contributed by atoms with Gasteiger partial charge in [0.25, 0.3) is 5.91 Å². The van der Waals surface area contributed by atoms with Gasteiger partial charge >= 0.3 is 0 Å². The topological polar surface area (TPSA) is 50.4 Å². The number of thiocarbonyl (C=S) groups is 1. The first-order valence-corrected chi connectivity index (χ1v) is 8.88. The first-order chi connectivity index (χ1) is 12.2. The van der Waals surface area contributed by atoms with Crippen LogP contribution in [0.1, 0.15) is 28.8 Å². The summed E-state index contributed by atoms with van der Waals surface area (Å²) >= 11 is 5.32.